The van der Waals surface area contributed by atoms with Gasteiger partial charge in [0, 0.05) is 21.7 Å². The van der Waals surface area contributed by atoms with E-state index >= 15 is 0 Å². The second-order valence-electron chi connectivity index (χ2n) is 16.2. The molecule has 3 aliphatic rings. The van der Waals surface area contributed by atoms with Gasteiger partial charge in [0.25, 0.3) is 0 Å². The van der Waals surface area contributed by atoms with E-state index in [0.717, 1.165) is 55.5 Å². The van der Waals surface area contributed by atoms with E-state index in [0.29, 0.717) is 0 Å². The Morgan fingerprint density at radius 1 is 0.322 bits per heavy atom. The van der Waals surface area contributed by atoms with Crippen molar-refractivity contribution in [2.24, 2.45) is 0 Å². The number of hydrogen-bond donors (Lipinski definition) is 0. The molecular weight excluding hydrogens is 717 g/mol. The van der Waals surface area contributed by atoms with Crippen LogP contribution < -0.4 is 4.74 Å². The zero-order valence-corrected chi connectivity index (χ0v) is 31.8. The molecule has 0 fully saturated rings. The van der Waals surface area contributed by atoms with Crippen molar-refractivity contribution in [3.8, 4) is 67.1 Å². The van der Waals surface area contributed by atoms with Crippen molar-refractivity contribution in [3.05, 3.63) is 216 Å². The topological polar surface area (TPSA) is 22.4 Å². The normalized spacial score (nSPS) is 15.3. The van der Waals surface area contributed by atoms with Crippen LogP contribution in [0.1, 0.15) is 22.3 Å². The van der Waals surface area contributed by atoms with E-state index in [1.807, 2.05) is 12.1 Å². The minimum Gasteiger partial charge on any atom is -0.456 e. The summed E-state index contributed by atoms with van der Waals surface area (Å²) in [7, 11) is 0. The minimum absolute atomic E-state index is 0.439. The third-order valence-corrected chi connectivity index (χ3v) is 13.5. The average molecular weight is 749 g/mol. The summed E-state index contributed by atoms with van der Waals surface area (Å²) in [5, 5.41) is 7.16. The van der Waals surface area contributed by atoms with Crippen LogP contribution in [0, 0.1) is 0 Å². The van der Waals surface area contributed by atoms with Crippen molar-refractivity contribution in [1.29, 1.82) is 0 Å². The SMILES string of the molecule is c1ccc2c(c1)-c1c(-c3ccc4c5c(cccc35)-c3cc(-c5cccc6oc7ccccc7c56)ccc3O4)cccc1C21c2ccccc2-c2c1ccc1ccccc21. The predicted molar refractivity (Wildman–Crippen MR) is 241 cm³/mol. The molecule has 2 heterocycles. The molecule has 0 bridgehead atoms. The van der Waals surface area contributed by atoms with Gasteiger partial charge in [0.2, 0.25) is 0 Å². The Morgan fingerprint density at radius 3 is 1.85 bits per heavy atom. The lowest BCUT2D eigenvalue weighted by atomic mass is 9.70. The van der Waals surface area contributed by atoms with Gasteiger partial charge in [-0.1, -0.05) is 164 Å². The molecule has 2 aliphatic carbocycles. The molecule has 2 nitrogen and oxygen atoms in total. The highest BCUT2D eigenvalue weighted by Crippen LogP contribution is 2.65. The predicted octanol–water partition coefficient (Wildman–Crippen LogP) is 15.3. The number of fused-ring (bicyclic) bond motifs is 17. The highest BCUT2D eigenvalue weighted by molar-refractivity contribution is 6.15. The fourth-order valence-corrected chi connectivity index (χ4v) is 11.2. The second kappa shape index (κ2) is 11.2. The Bertz CT molecular complexity index is 3660. The lowest BCUT2D eigenvalue weighted by Gasteiger charge is -2.30. The summed E-state index contributed by atoms with van der Waals surface area (Å²) in [6.07, 6.45) is 0. The lowest BCUT2D eigenvalue weighted by Crippen LogP contribution is -2.25. The number of rotatable bonds is 2. The van der Waals surface area contributed by atoms with Gasteiger partial charge in [-0.25, -0.2) is 0 Å². The van der Waals surface area contributed by atoms with E-state index in [4.69, 9.17) is 9.15 Å². The molecule has 272 valence electrons. The van der Waals surface area contributed by atoms with Crippen LogP contribution in [-0.2, 0) is 5.41 Å². The fraction of sp³-hybridized carbons (Fsp3) is 0.0175. The van der Waals surface area contributed by atoms with Crippen LogP contribution in [-0.4, -0.2) is 0 Å². The Hall–Kier alpha value is -7.68. The third kappa shape index (κ3) is 3.91. The van der Waals surface area contributed by atoms with Gasteiger partial charge in [0.15, 0.2) is 0 Å². The molecule has 14 rings (SSSR count). The van der Waals surface area contributed by atoms with E-state index < -0.39 is 5.41 Å². The molecule has 0 N–H and O–H groups in total. The first-order valence-electron chi connectivity index (χ1n) is 20.4. The molecule has 0 amide bonds. The van der Waals surface area contributed by atoms with Crippen LogP contribution >= 0.6 is 0 Å². The highest BCUT2D eigenvalue weighted by atomic mass is 16.5. The van der Waals surface area contributed by atoms with Crippen molar-refractivity contribution in [1.82, 2.24) is 0 Å². The van der Waals surface area contributed by atoms with E-state index in [1.54, 1.807) is 0 Å². The van der Waals surface area contributed by atoms with Crippen molar-refractivity contribution >= 4 is 43.5 Å². The quantitative estimate of drug-likeness (QED) is 0.176. The number of benzene rings is 10. The first-order valence-corrected chi connectivity index (χ1v) is 20.4. The molecule has 10 aromatic carbocycles. The summed E-state index contributed by atoms with van der Waals surface area (Å²) in [5.41, 5.74) is 19.0. The van der Waals surface area contributed by atoms with E-state index in [1.165, 1.54) is 77.4 Å². The van der Waals surface area contributed by atoms with Crippen LogP contribution in [0.3, 0.4) is 0 Å². The Labute approximate surface area is 340 Å². The van der Waals surface area contributed by atoms with Crippen molar-refractivity contribution in [2.75, 3.05) is 0 Å². The zero-order chi connectivity index (χ0) is 38.4. The molecular formula is C57H32O2. The molecule has 0 radical (unpaired) electrons. The molecule has 2 heteroatoms. The van der Waals surface area contributed by atoms with Crippen LogP contribution in [0.15, 0.2) is 199 Å². The van der Waals surface area contributed by atoms with Crippen LogP contribution in [0.25, 0.3) is 99.1 Å². The molecule has 1 aliphatic heterocycles. The van der Waals surface area contributed by atoms with Gasteiger partial charge in [-0.15, -0.1) is 0 Å². The third-order valence-electron chi connectivity index (χ3n) is 13.5. The van der Waals surface area contributed by atoms with Crippen molar-refractivity contribution in [3.63, 3.8) is 0 Å². The lowest BCUT2D eigenvalue weighted by molar-refractivity contribution is 0.487. The van der Waals surface area contributed by atoms with Gasteiger partial charge >= 0.3 is 0 Å². The van der Waals surface area contributed by atoms with Gasteiger partial charge in [0.05, 0.1) is 5.41 Å². The van der Waals surface area contributed by atoms with Crippen LogP contribution in [0.2, 0.25) is 0 Å². The maximum Gasteiger partial charge on any atom is 0.136 e. The largest absolute Gasteiger partial charge is 0.456 e. The standard InChI is InChI=1S/C57H32O2/c1-2-13-35-33(12-1)26-29-48-53(35)41-14-3-6-21-45(41)57(48)46-22-7-4-15-42(46)54-38(20-10-23-47(54)57)37-28-31-52-56-39(37)18-9-19-40(56)44-32-34(27-30-50(44)59-52)36-17-11-25-51-55(36)43-16-5-8-24-49(43)58-51/h1-32H. The number of hydrogen-bond acceptors (Lipinski definition) is 2. The van der Waals surface area contributed by atoms with Gasteiger partial charge in [-0.05, 0) is 119 Å². The molecule has 0 saturated carbocycles. The summed E-state index contributed by atoms with van der Waals surface area (Å²) >= 11 is 0. The summed E-state index contributed by atoms with van der Waals surface area (Å²) < 4.78 is 13.1. The first kappa shape index (κ1) is 31.4. The van der Waals surface area contributed by atoms with E-state index in [-0.39, 0.29) is 0 Å². The van der Waals surface area contributed by atoms with Crippen LogP contribution in [0.5, 0.6) is 11.5 Å². The number of furan rings is 1. The van der Waals surface area contributed by atoms with E-state index in [2.05, 4.69) is 182 Å². The smallest absolute Gasteiger partial charge is 0.136 e. The van der Waals surface area contributed by atoms with Gasteiger partial charge < -0.3 is 9.15 Å². The summed E-state index contributed by atoms with van der Waals surface area (Å²) in [6, 6.07) is 71.2. The average Bonchev–Trinajstić information content (AvgIpc) is 3.94. The summed E-state index contributed by atoms with van der Waals surface area (Å²) in [5.74, 6) is 1.76. The van der Waals surface area contributed by atoms with Gasteiger partial charge in [-0.3, -0.25) is 0 Å². The molecule has 1 atom stereocenters. The number of para-hydroxylation sites is 1. The van der Waals surface area contributed by atoms with Gasteiger partial charge in [-0.2, -0.15) is 0 Å². The number of ether oxygens (including phenoxy) is 1. The maximum absolute atomic E-state index is 6.79. The molecule has 1 unspecified atom stereocenters. The van der Waals surface area contributed by atoms with Crippen molar-refractivity contribution in [2.45, 2.75) is 5.41 Å². The van der Waals surface area contributed by atoms with Crippen LogP contribution in [0.4, 0.5) is 0 Å². The first-order chi connectivity index (χ1) is 29.3. The Morgan fingerprint density at radius 2 is 0.949 bits per heavy atom. The van der Waals surface area contributed by atoms with Crippen molar-refractivity contribution < 1.29 is 9.15 Å². The molecule has 1 spiro atoms. The molecule has 1 aromatic heterocycles. The second-order valence-corrected chi connectivity index (χ2v) is 16.2. The molecule has 59 heavy (non-hydrogen) atoms. The Kier molecular flexibility index (Phi) is 5.99. The molecule has 11 aromatic rings. The zero-order valence-electron chi connectivity index (χ0n) is 31.8. The van der Waals surface area contributed by atoms with E-state index in [9.17, 15) is 0 Å². The summed E-state index contributed by atoms with van der Waals surface area (Å²) in [4.78, 5) is 0. The highest BCUT2D eigenvalue weighted by Gasteiger charge is 2.52. The fourth-order valence-electron chi connectivity index (χ4n) is 11.2. The molecule has 0 saturated heterocycles. The Balaban J connectivity index is 0.999. The minimum atomic E-state index is -0.439. The summed E-state index contributed by atoms with van der Waals surface area (Å²) in [6.45, 7) is 0. The monoisotopic (exact) mass is 748 g/mol. The van der Waals surface area contributed by atoms with Gasteiger partial charge in [0.1, 0.15) is 22.7 Å². The maximum atomic E-state index is 6.79.